The number of hydrogen-bond acceptors (Lipinski definition) is 2. The maximum atomic E-state index is 9.59. The lowest BCUT2D eigenvalue weighted by molar-refractivity contribution is 1.17. The molecule has 10 rings (SSSR count). The highest BCUT2D eigenvalue weighted by atomic mass is 32.1. The fourth-order valence-electron chi connectivity index (χ4n) is 7.59. The van der Waals surface area contributed by atoms with Crippen LogP contribution < -0.4 is 0 Å². The molecule has 0 amide bonds. The second-order valence-corrected chi connectivity index (χ2v) is 13.4. The molecule has 0 saturated heterocycles. The monoisotopic (exact) mass is 640 g/mol. The molecule has 0 spiro atoms. The smallest absolute Gasteiger partial charge is 0.188 e. The van der Waals surface area contributed by atoms with Crippen LogP contribution in [0.2, 0.25) is 0 Å². The van der Waals surface area contributed by atoms with Gasteiger partial charge in [-0.1, -0.05) is 72.8 Å². The van der Waals surface area contributed by atoms with Crippen molar-refractivity contribution in [2.75, 3.05) is 0 Å². The summed E-state index contributed by atoms with van der Waals surface area (Å²) in [4.78, 5) is 3.79. The Morgan fingerprint density at radius 3 is 1.96 bits per heavy atom. The fraction of sp³-hybridized carbons (Fsp3) is 0. The molecule has 0 aliphatic heterocycles. The van der Waals surface area contributed by atoms with Crippen LogP contribution in [0.25, 0.3) is 91.1 Å². The zero-order chi connectivity index (χ0) is 32.6. The van der Waals surface area contributed by atoms with Crippen LogP contribution in [0, 0.1) is 17.9 Å². The molecule has 0 aliphatic carbocycles. The molecule has 4 nitrogen and oxygen atoms in total. The van der Waals surface area contributed by atoms with Crippen molar-refractivity contribution in [3.63, 3.8) is 0 Å². The molecule has 0 radical (unpaired) electrons. The second-order valence-electron chi connectivity index (χ2n) is 12.4. The SMILES string of the molecule is [C-]#[N+]c1ccc2c(c1)c1c3sc4ccccc4c3ccc1n2-c1cccc(-c2cccc(-n3c4ccccc4c4cc(C#N)ccc43)c2)c1. The van der Waals surface area contributed by atoms with Gasteiger partial charge in [0.15, 0.2) is 5.69 Å². The van der Waals surface area contributed by atoms with Gasteiger partial charge in [0, 0.05) is 47.7 Å². The number of fused-ring (bicyclic) bond motifs is 10. The minimum Gasteiger partial charge on any atom is -0.309 e. The van der Waals surface area contributed by atoms with Crippen molar-refractivity contribution >= 4 is 80.8 Å². The van der Waals surface area contributed by atoms with E-state index in [1.165, 1.54) is 25.6 Å². The third-order valence-corrected chi connectivity index (χ3v) is 10.9. The normalized spacial score (nSPS) is 11.6. The van der Waals surface area contributed by atoms with Gasteiger partial charge in [0.25, 0.3) is 0 Å². The Labute approximate surface area is 285 Å². The van der Waals surface area contributed by atoms with Crippen molar-refractivity contribution in [2.24, 2.45) is 0 Å². The summed E-state index contributed by atoms with van der Waals surface area (Å²) in [6, 6.07) is 53.2. The van der Waals surface area contributed by atoms with E-state index in [1.54, 1.807) is 0 Å². The number of benzene rings is 7. The fourth-order valence-corrected chi connectivity index (χ4v) is 8.85. The first-order valence-electron chi connectivity index (χ1n) is 16.1. The van der Waals surface area contributed by atoms with Gasteiger partial charge in [-0.05, 0) is 89.3 Å². The number of para-hydroxylation sites is 1. The molecule has 49 heavy (non-hydrogen) atoms. The van der Waals surface area contributed by atoms with E-state index in [2.05, 4.69) is 141 Å². The number of nitrogens with zero attached hydrogens (tertiary/aromatic N) is 4. The Morgan fingerprint density at radius 2 is 1.18 bits per heavy atom. The van der Waals surface area contributed by atoms with Gasteiger partial charge in [-0.25, -0.2) is 4.85 Å². The molecule has 226 valence electrons. The van der Waals surface area contributed by atoms with Crippen molar-refractivity contribution in [3.8, 4) is 28.6 Å². The Morgan fingerprint density at radius 1 is 0.531 bits per heavy atom. The van der Waals surface area contributed by atoms with Crippen LogP contribution in [-0.4, -0.2) is 9.13 Å². The first-order chi connectivity index (χ1) is 24.2. The van der Waals surface area contributed by atoms with E-state index in [-0.39, 0.29) is 0 Å². The molecular formula is C44H24N4S. The molecule has 0 N–H and O–H groups in total. The van der Waals surface area contributed by atoms with Crippen LogP contribution in [0.15, 0.2) is 146 Å². The number of hydrogen-bond donors (Lipinski definition) is 0. The maximum Gasteiger partial charge on any atom is 0.188 e. The Balaban J connectivity index is 1.18. The molecule has 0 unspecified atom stereocenters. The third kappa shape index (κ3) is 4.01. The average molecular weight is 641 g/mol. The highest BCUT2D eigenvalue weighted by Crippen LogP contribution is 2.44. The molecule has 5 heteroatoms. The van der Waals surface area contributed by atoms with Crippen molar-refractivity contribution in [1.29, 1.82) is 5.26 Å². The number of aromatic nitrogens is 2. The van der Waals surface area contributed by atoms with Gasteiger partial charge in [-0.15, -0.1) is 11.3 Å². The van der Waals surface area contributed by atoms with Gasteiger partial charge in [-0.2, -0.15) is 5.26 Å². The minimum absolute atomic E-state index is 0.643. The molecule has 0 atom stereocenters. The van der Waals surface area contributed by atoms with E-state index in [4.69, 9.17) is 6.57 Å². The van der Waals surface area contributed by atoms with Crippen LogP contribution in [0.5, 0.6) is 0 Å². The van der Waals surface area contributed by atoms with Crippen LogP contribution in [0.4, 0.5) is 5.69 Å². The van der Waals surface area contributed by atoms with Crippen LogP contribution >= 0.6 is 11.3 Å². The predicted octanol–water partition coefficient (Wildman–Crippen LogP) is 12.3. The number of nitriles is 1. The van der Waals surface area contributed by atoms with Gasteiger partial charge in [0.1, 0.15) is 0 Å². The van der Waals surface area contributed by atoms with E-state index in [1.807, 2.05) is 35.6 Å². The molecule has 7 aromatic carbocycles. The van der Waals surface area contributed by atoms with Crippen LogP contribution in [-0.2, 0) is 0 Å². The molecule has 0 saturated carbocycles. The predicted molar refractivity (Wildman–Crippen MR) is 204 cm³/mol. The van der Waals surface area contributed by atoms with Gasteiger partial charge in [0.05, 0.1) is 40.3 Å². The van der Waals surface area contributed by atoms with Crippen LogP contribution in [0.1, 0.15) is 5.56 Å². The van der Waals surface area contributed by atoms with Crippen LogP contribution in [0.3, 0.4) is 0 Å². The average Bonchev–Trinajstić information content (AvgIpc) is 3.82. The standard InChI is InChI=1S/C44H24N4S/c1-46-30-17-20-40-37(25-30)43-41(21-18-35-34-13-3-5-15-42(34)49-44(35)43)48(40)32-11-7-9-29(24-32)28-8-6-10-31(23-28)47-38-14-4-2-12-33(38)36-22-27(26-45)16-19-39(36)47/h2-25H. The van der Waals surface area contributed by atoms with Gasteiger partial charge in [-0.3, -0.25) is 0 Å². The molecule has 0 fully saturated rings. The highest BCUT2D eigenvalue weighted by Gasteiger charge is 2.19. The first kappa shape index (κ1) is 27.5. The first-order valence-corrected chi connectivity index (χ1v) is 16.9. The summed E-state index contributed by atoms with van der Waals surface area (Å²) in [5.74, 6) is 0. The summed E-state index contributed by atoms with van der Waals surface area (Å²) >= 11 is 1.82. The minimum atomic E-state index is 0.643. The molecule has 0 aliphatic rings. The Hall–Kier alpha value is -6.66. The van der Waals surface area contributed by atoms with Crippen molar-refractivity contribution in [2.45, 2.75) is 0 Å². The zero-order valence-electron chi connectivity index (χ0n) is 26.1. The van der Waals surface area contributed by atoms with Gasteiger partial charge < -0.3 is 9.13 Å². The second kappa shape index (κ2) is 10.4. The zero-order valence-corrected chi connectivity index (χ0v) is 26.9. The Bertz CT molecular complexity index is 3090. The molecule has 10 aromatic rings. The van der Waals surface area contributed by atoms with Crippen molar-refractivity contribution in [3.05, 3.63) is 163 Å². The van der Waals surface area contributed by atoms with E-state index < -0.39 is 0 Å². The summed E-state index contributed by atoms with van der Waals surface area (Å²) in [5.41, 5.74) is 10.1. The summed E-state index contributed by atoms with van der Waals surface area (Å²) in [6.45, 7) is 7.75. The summed E-state index contributed by atoms with van der Waals surface area (Å²) < 4.78 is 7.15. The van der Waals surface area contributed by atoms with E-state index >= 15 is 0 Å². The highest BCUT2D eigenvalue weighted by molar-refractivity contribution is 7.26. The number of thiophene rings is 1. The van der Waals surface area contributed by atoms with E-state index in [9.17, 15) is 5.26 Å². The summed E-state index contributed by atoms with van der Waals surface area (Å²) in [7, 11) is 0. The molecule has 3 aromatic heterocycles. The molecule has 0 bridgehead atoms. The lowest BCUT2D eigenvalue weighted by atomic mass is 10.0. The third-order valence-electron chi connectivity index (χ3n) is 9.73. The maximum absolute atomic E-state index is 9.59. The van der Waals surface area contributed by atoms with Crippen molar-refractivity contribution in [1.82, 2.24) is 9.13 Å². The number of rotatable bonds is 3. The van der Waals surface area contributed by atoms with Gasteiger partial charge >= 0.3 is 0 Å². The van der Waals surface area contributed by atoms with E-state index in [0.717, 1.165) is 60.7 Å². The Kier molecular flexibility index (Phi) is 5.84. The topological polar surface area (TPSA) is 38.0 Å². The largest absolute Gasteiger partial charge is 0.309 e. The lowest BCUT2D eigenvalue weighted by Crippen LogP contribution is -1.96. The summed E-state index contributed by atoms with van der Waals surface area (Å²) in [5, 5.41) is 16.6. The molecular weight excluding hydrogens is 617 g/mol. The van der Waals surface area contributed by atoms with E-state index in [0.29, 0.717) is 11.3 Å². The molecule has 3 heterocycles. The van der Waals surface area contributed by atoms with Gasteiger partial charge in [0.2, 0.25) is 0 Å². The summed E-state index contributed by atoms with van der Waals surface area (Å²) in [6.07, 6.45) is 0. The quantitative estimate of drug-likeness (QED) is 0.177. The van der Waals surface area contributed by atoms with Crippen molar-refractivity contribution < 1.29 is 0 Å². The lowest BCUT2D eigenvalue weighted by Gasteiger charge is -2.13.